The van der Waals surface area contributed by atoms with Crippen molar-refractivity contribution < 1.29 is 8.78 Å². The monoisotopic (exact) mass is 296 g/mol. The lowest BCUT2D eigenvalue weighted by molar-refractivity contribution is 0.183. The molecule has 1 aliphatic heterocycles. The van der Waals surface area contributed by atoms with E-state index in [4.69, 9.17) is 0 Å². The van der Waals surface area contributed by atoms with Gasteiger partial charge in [0.25, 0.3) is 0 Å². The molecule has 1 aromatic carbocycles. The van der Waals surface area contributed by atoms with Crippen molar-refractivity contribution in [1.82, 2.24) is 10.2 Å². The van der Waals surface area contributed by atoms with Crippen molar-refractivity contribution in [2.24, 2.45) is 5.92 Å². The van der Waals surface area contributed by atoms with Crippen molar-refractivity contribution in [2.75, 3.05) is 26.7 Å². The van der Waals surface area contributed by atoms with Crippen LogP contribution >= 0.6 is 0 Å². The molecule has 2 rings (SSSR count). The molecule has 1 aliphatic rings. The summed E-state index contributed by atoms with van der Waals surface area (Å²) in [4.78, 5) is 2.18. The Labute approximate surface area is 126 Å². The fraction of sp³-hybridized carbons (Fsp3) is 0.647. The van der Waals surface area contributed by atoms with Gasteiger partial charge in [0.1, 0.15) is 0 Å². The number of benzene rings is 1. The van der Waals surface area contributed by atoms with E-state index in [-0.39, 0.29) is 6.04 Å². The van der Waals surface area contributed by atoms with Crippen LogP contribution in [0.2, 0.25) is 0 Å². The molecule has 21 heavy (non-hydrogen) atoms. The van der Waals surface area contributed by atoms with Gasteiger partial charge in [0.15, 0.2) is 11.6 Å². The molecule has 0 amide bonds. The fourth-order valence-corrected chi connectivity index (χ4v) is 3.34. The average molecular weight is 296 g/mol. The van der Waals surface area contributed by atoms with Gasteiger partial charge in [-0.25, -0.2) is 8.78 Å². The van der Waals surface area contributed by atoms with E-state index in [2.05, 4.69) is 17.1 Å². The molecule has 1 aromatic rings. The Hall–Kier alpha value is -1.00. The van der Waals surface area contributed by atoms with Gasteiger partial charge in [-0.05, 0) is 57.9 Å². The van der Waals surface area contributed by atoms with Crippen molar-refractivity contribution in [3.05, 3.63) is 35.4 Å². The van der Waals surface area contributed by atoms with Gasteiger partial charge in [-0.1, -0.05) is 25.5 Å². The molecule has 118 valence electrons. The molecule has 1 N–H and O–H groups in total. The third-order valence-electron chi connectivity index (χ3n) is 4.39. The van der Waals surface area contributed by atoms with Gasteiger partial charge in [0.05, 0.1) is 0 Å². The van der Waals surface area contributed by atoms with Crippen LogP contribution in [0.1, 0.15) is 44.2 Å². The second kappa shape index (κ2) is 7.85. The Balaban J connectivity index is 2.25. The van der Waals surface area contributed by atoms with Gasteiger partial charge in [-0.15, -0.1) is 0 Å². The van der Waals surface area contributed by atoms with E-state index in [9.17, 15) is 8.78 Å². The second-order valence-electron chi connectivity index (χ2n) is 6.03. The van der Waals surface area contributed by atoms with Crippen molar-refractivity contribution in [3.8, 4) is 0 Å². The topological polar surface area (TPSA) is 15.3 Å². The Morgan fingerprint density at radius 1 is 1.29 bits per heavy atom. The summed E-state index contributed by atoms with van der Waals surface area (Å²) in [5, 5.41) is 3.44. The number of nitrogens with zero attached hydrogens (tertiary/aromatic N) is 1. The highest BCUT2D eigenvalue weighted by molar-refractivity contribution is 5.23. The summed E-state index contributed by atoms with van der Waals surface area (Å²) in [5.41, 5.74) is 0.502. The first kappa shape index (κ1) is 16.4. The normalized spacial score (nSPS) is 24.0. The largest absolute Gasteiger partial charge is 0.316 e. The molecule has 0 aliphatic carbocycles. The highest BCUT2D eigenvalue weighted by atomic mass is 19.2. The van der Waals surface area contributed by atoms with Gasteiger partial charge in [0.2, 0.25) is 0 Å². The van der Waals surface area contributed by atoms with E-state index >= 15 is 0 Å². The zero-order valence-corrected chi connectivity index (χ0v) is 13.0. The van der Waals surface area contributed by atoms with Gasteiger partial charge in [-0.3, -0.25) is 4.90 Å². The van der Waals surface area contributed by atoms with Crippen LogP contribution in [0, 0.1) is 17.6 Å². The molecule has 0 bridgehead atoms. The Morgan fingerprint density at radius 3 is 2.86 bits per heavy atom. The van der Waals surface area contributed by atoms with Gasteiger partial charge >= 0.3 is 0 Å². The molecule has 1 saturated heterocycles. The standard InChI is InChI=1S/C17H26F2N2/c1-3-10-20-12-13-7-4-5-11-21(2)17(13)14-8-6-9-15(18)16(14)19/h6,8-9,13,17,20H,3-5,7,10-12H2,1-2H3. The van der Waals surface area contributed by atoms with Crippen molar-refractivity contribution in [1.29, 1.82) is 0 Å². The van der Waals surface area contributed by atoms with E-state index in [0.29, 0.717) is 11.5 Å². The van der Waals surface area contributed by atoms with Crippen LogP contribution in [0.3, 0.4) is 0 Å². The summed E-state index contributed by atoms with van der Waals surface area (Å²) in [7, 11) is 2.02. The lowest BCUT2D eigenvalue weighted by atomic mass is 9.89. The molecule has 2 unspecified atom stereocenters. The van der Waals surface area contributed by atoms with Gasteiger partial charge in [0, 0.05) is 11.6 Å². The predicted molar refractivity (Wildman–Crippen MR) is 82.2 cm³/mol. The van der Waals surface area contributed by atoms with E-state index in [1.807, 2.05) is 7.05 Å². The predicted octanol–water partition coefficient (Wildman–Crippen LogP) is 3.74. The first-order chi connectivity index (χ1) is 10.1. The maximum Gasteiger partial charge on any atom is 0.163 e. The minimum Gasteiger partial charge on any atom is -0.316 e. The first-order valence-corrected chi connectivity index (χ1v) is 8.00. The molecule has 1 heterocycles. The molecular weight excluding hydrogens is 270 g/mol. The van der Waals surface area contributed by atoms with Crippen molar-refractivity contribution >= 4 is 0 Å². The zero-order chi connectivity index (χ0) is 15.2. The van der Waals surface area contributed by atoms with E-state index < -0.39 is 11.6 Å². The quantitative estimate of drug-likeness (QED) is 0.833. The fourth-order valence-electron chi connectivity index (χ4n) is 3.34. The summed E-state index contributed by atoms with van der Waals surface area (Å²) >= 11 is 0. The number of hydrogen-bond acceptors (Lipinski definition) is 2. The molecule has 0 spiro atoms. The smallest absolute Gasteiger partial charge is 0.163 e. The van der Waals surface area contributed by atoms with Crippen LogP contribution < -0.4 is 5.32 Å². The van der Waals surface area contributed by atoms with Gasteiger partial charge in [-0.2, -0.15) is 0 Å². The first-order valence-electron chi connectivity index (χ1n) is 8.00. The summed E-state index contributed by atoms with van der Waals surface area (Å²) in [6.07, 6.45) is 4.41. The SMILES string of the molecule is CCCNCC1CCCCN(C)C1c1cccc(F)c1F. The Bertz CT molecular complexity index is 450. The van der Waals surface area contributed by atoms with Crippen LogP contribution in [-0.2, 0) is 0 Å². The van der Waals surface area contributed by atoms with Crippen LogP contribution in [0.4, 0.5) is 8.78 Å². The molecule has 0 aromatic heterocycles. The molecule has 1 fully saturated rings. The van der Waals surface area contributed by atoms with Crippen molar-refractivity contribution in [3.63, 3.8) is 0 Å². The third-order valence-corrected chi connectivity index (χ3v) is 4.39. The van der Waals surface area contributed by atoms with Crippen LogP contribution in [0.15, 0.2) is 18.2 Å². The highest BCUT2D eigenvalue weighted by Gasteiger charge is 2.31. The minimum atomic E-state index is -0.745. The van der Waals surface area contributed by atoms with E-state index in [0.717, 1.165) is 45.3 Å². The lowest BCUT2D eigenvalue weighted by Crippen LogP contribution is -2.35. The lowest BCUT2D eigenvalue weighted by Gasteiger charge is -2.33. The number of rotatable bonds is 5. The summed E-state index contributed by atoms with van der Waals surface area (Å²) in [5.74, 6) is -1.11. The van der Waals surface area contributed by atoms with E-state index in [1.54, 1.807) is 12.1 Å². The molecular formula is C17H26F2N2. The Kier molecular flexibility index (Phi) is 6.12. The van der Waals surface area contributed by atoms with E-state index in [1.165, 1.54) is 6.07 Å². The van der Waals surface area contributed by atoms with Gasteiger partial charge < -0.3 is 5.32 Å². The minimum absolute atomic E-state index is 0.0486. The third kappa shape index (κ3) is 4.01. The number of hydrogen-bond donors (Lipinski definition) is 1. The van der Waals surface area contributed by atoms with Crippen LogP contribution in [0.25, 0.3) is 0 Å². The number of likely N-dealkylation sites (tertiary alicyclic amines) is 1. The number of nitrogens with one attached hydrogen (secondary N) is 1. The maximum absolute atomic E-state index is 14.2. The molecule has 0 radical (unpaired) electrons. The molecule has 0 saturated carbocycles. The average Bonchev–Trinajstić information content (AvgIpc) is 2.64. The molecule has 4 heteroatoms. The second-order valence-corrected chi connectivity index (χ2v) is 6.03. The van der Waals surface area contributed by atoms with Crippen molar-refractivity contribution in [2.45, 2.75) is 38.6 Å². The highest BCUT2D eigenvalue weighted by Crippen LogP contribution is 2.35. The summed E-state index contributed by atoms with van der Waals surface area (Å²) < 4.78 is 27.8. The molecule has 2 atom stereocenters. The Morgan fingerprint density at radius 2 is 2.10 bits per heavy atom. The number of halogens is 2. The molecule has 2 nitrogen and oxygen atoms in total. The summed E-state index contributed by atoms with van der Waals surface area (Å²) in [6.45, 7) is 4.90. The zero-order valence-electron chi connectivity index (χ0n) is 13.0. The van der Waals surface area contributed by atoms with Crippen LogP contribution in [0.5, 0.6) is 0 Å². The summed E-state index contributed by atoms with van der Waals surface area (Å²) in [6, 6.07) is 4.49. The maximum atomic E-state index is 14.2. The van der Waals surface area contributed by atoms with Crippen LogP contribution in [-0.4, -0.2) is 31.6 Å².